The molecule has 0 atom stereocenters. The van der Waals surface area contributed by atoms with Gasteiger partial charge in [0.15, 0.2) is 23.0 Å². The Labute approximate surface area is 202 Å². The van der Waals surface area contributed by atoms with Crippen molar-refractivity contribution in [3.05, 3.63) is 95.1 Å². The highest BCUT2D eigenvalue weighted by atomic mass is 16.5. The molecule has 180 valence electrons. The minimum atomic E-state index is -0.252. The molecule has 0 aliphatic heterocycles. The summed E-state index contributed by atoms with van der Waals surface area (Å²) in [6.07, 6.45) is 2.21. The van der Waals surface area contributed by atoms with Gasteiger partial charge in [0.25, 0.3) is 0 Å². The largest absolute Gasteiger partial charge is 0.508 e. The van der Waals surface area contributed by atoms with Gasteiger partial charge >= 0.3 is 0 Å². The van der Waals surface area contributed by atoms with E-state index in [-0.39, 0.29) is 46.0 Å². The van der Waals surface area contributed by atoms with Crippen LogP contribution in [0.3, 0.4) is 0 Å². The SMILES string of the molecule is Oc1cccc(CCc2cc(O)cc(Oc3c(O)cc(CCc4ccc(O)c(O)c4)cc3O)c2)c1. The quantitative estimate of drug-likeness (QED) is 0.192. The predicted octanol–water partition coefficient (Wildman–Crippen LogP) is 5.28. The standard InChI is InChI=1S/C28H26O7/c29-21-3-1-2-17(10-21)4-6-19-11-22(30)16-23(12-19)35-28-26(33)14-20(15-27(28)34)7-5-18-8-9-24(31)25(32)13-18/h1-3,8-16,29-34H,4-7H2. The Morgan fingerprint density at radius 2 is 1.03 bits per heavy atom. The zero-order valence-electron chi connectivity index (χ0n) is 18.8. The molecule has 0 aliphatic rings. The van der Waals surface area contributed by atoms with Gasteiger partial charge in [-0.05, 0) is 96.5 Å². The van der Waals surface area contributed by atoms with E-state index in [1.54, 1.807) is 36.4 Å². The van der Waals surface area contributed by atoms with E-state index in [0.717, 1.165) is 16.7 Å². The molecule has 0 saturated heterocycles. The summed E-state index contributed by atoms with van der Waals surface area (Å²) < 4.78 is 5.72. The van der Waals surface area contributed by atoms with Gasteiger partial charge in [0, 0.05) is 6.07 Å². The van der Waals surface area contributed by atoms with Crippen LogP contribution in [0.5, 0.6) is 46.0 Å². The molecule has 0 heterocycles. The molecule has 4 aromatic rings. The van der Waals surface area contributed by atoms with Crippen LogP contribution in [0.4, 0.5) is 0 Å². The van der Waals surface area contributed by atoms with E-state index in [4.69, 9.17) is 4.74 Å². The van der Waals surface area contributed by atoms with Crippen LogP contribution in [0, 0.1) is 0 Å². The number of ether oxygens (including phenoxy) is 1. The van der Waals surface area contributed by atoms with Gasteiger partial charge < -0.3 is 35.4 Å². The van der Waals surface area contributed by atoms with Crippen LogP contribution in [0.15, 0.2) is 72.8 Å². The third-order valence-electron chi connectivity index (χ3n) is 5.64. The lowest BCUT2D eigenvalue weighted by Gasteiger charge is -2.13. The highest BCUT2D eigenvalue weighted by molar-refractivity contribution is 5.55. The van der Waals surface area contributed by atoms with Crippen LogP contribution in [0.2, 0.25) is 0 Å². The Morgan fingerprint density at radius 1 is 0.457 bits per heavy atom. The smallest absolute Gasteiger partial charge is 0.210 e. The van der Waals surface area contributed by atoms with Crippen molar-refractivity contribution in [2.24, 2.45) is 0 Å². The molecule has 0 radical (unpaired) electrons. The molecule has 7 nitrogen and oxygen atoms in total. The highest BCUT2D eigenvalue weighted by Crippen LogP contribution is 2.41. The summed E-state index contributed by atoms with van der Waals surface area (Å²) in [6, 6.07) is 19.2. The molecule has 4 rings (SSSR count). The van der Waals surface area contributed by atoms with E-state index in [9.17, 15) is 30.6 Å². The zero-order chi connectivity index (χ0) is 24.9. The molecule has 0 unspecified atom stereocenters. The molecule has 35 heavy (non-hydrogen) atoms. The van der Waals surface area contributed by atoms with Gasteiger partial charge in [-0.3, -0.25) is 0 Å². The second-order valence-corrected chi connectivity index (χ2v) is 8.39. The Hall–Kier alpha value is -4.52. The summed E-state index contributed by atoms with van der Waals surface area (Å²) in [5, 5.41) is 59.8. The van der Waals surface area contributed by atoms with E-state index in [2.05, 4.69) is 0 Å². The Bertz CT molecular complexity index is 1320. The molecule has 6 N–H and O–H groups in total. The summed E-state index contributed by atoms with van der Waals surface area (Å²) in [7, 11) is 0. The van der Waals surface area contributed by atoms with Crippen molar-refractivity contribution in [3.63, 3.8) is 0 Å². The van der Waals surface area contributed by atoms with Crippen molar-refractivity contribution in [1.82, 2.24) is 0 Å². The van der Waals surface area contributed by atoms with E-state index >= 15 is 0 Å². The van der Waals surface area contributed by atoms with E-state index < -0.39 is 0 Å². The maximum absolute atomic E-state index is 10.5. The van der Waals surface area contributed by atoms with Crippen molar-refractivity contribution < 1.29 is 35.4 Å². The first-order chi connectivity index (χ1) is 16.8. The fraction of sp³-hybridized carbons (Fsp3) is 0.143. The van der Waals surface area contributed by atoms with Gasteiger partial charge in [-0.25, -0.2) is 0 Å². The fourth-order valence-electron chi connectivity index (χ4n) is 3.88. The summed E-state index contributed by atoms with van der Waals surface area (Å²) in [5.74, 6) is -0.589. The van der Waals surface area contributed by atoms with Crippen LogP contribution in [0.1, 0.15) is 22.3 Å². The van der Waals surface area contributed by atoms with Crippen LogP contribution in [-0.2, 0) is 25.7 Å². The van der Waals surface area contributed by atoms with E-state index in [1.165, 1.54) is 30.3 Å². The van der Waals surface area contributed by atoms with Gasteiger partial charge in [-0.1, -0.05) is 18.2 Å². The molecular weight excluding hydrogens is 448 g/mol. The average molecular weight is 475 g/mol. The molecular formula is C28H26O7. The van der Waals surface area contributed by atoms with Crippen LogP contribution in [-0.4, -0.2) is 30.6 Å². The second kappa shape index (κ2) is 10.2. The first-order valence-corrected chi connectivity index (χ1v) is 11.1. The molecule has 0 aromatic heterocycles. The van der Waals surface area contributed by atoms with Gasteiger partial charge in [0.1, 0.15) is 17.2 Å². The van der Waals surface area contributed by atoms with Gasteiger partial charge in [0.2, 0.25) is 5.75 Å². The van der Waals surface area contributed by atoms with E-state index in [1.807, 2.05) is 6.07 Å². The highest BCUT2D eigenvalue weighted by Gasteiger charge is 2.14. The number of phenolic OH excluding ortho intramolecular Hbond substituents is 6. The summed E-state index contributed by atoms with van der Waals surface area (Å²) >= 11 is 0. The van der Waals surface area contributed by atoms with Gasteiger partial charge in [-0.15, -0.1) is 0 Å². The molecule has 4 aromatic carbocycles. The number of hydrogen-bond donors (Lipinski definition) is 6. The van der Waals surface area contributed by atoms with Crippen molar-refractivity contribution in [2.45, 2.75) is 25.7 Å². The number of phenols is 6. The monoisotopic (exact) mass is 474 g/mol. The van der Waals surface area contributed by atoms with Crippen LogP contribution >= 0.6 is 0 Å². The average Bonchev–Trinajstić information content (AvgIpc) is 2.81. The van der Waals surface area contributed by atoms with Crippen molar-refractivity contribution in [2.75, 3.05) is 0 Å². The van der Waals surface area contributed by atoms with Crippen molar-refractivity contribution in [1.29, 1.82) is 0 Å². The zero-order valence-corrected chi connectivity index (χ0v) is 18.8. The maximum Gasteiger partial charge on any atom is 0.210 e. The molecule has 0 saturated carbocycles. The summed E-state index contributed by atoms with van der Waals surface area (Å²) in [6.45, 7) is 0. The number of hydrogen-bond acceptors (Lipinski definition) is 7. The van der Waals surface area contributed by atoms with Crippen LogP contribution < -0.4 is 4.74 Å². The predicted molar refractivity (Wildman–Crippen MR) is 131 cm³/mol. The minimum absolute atomic E-state index is 0.0128. The number of rotatable bonds is 8. The Balaban J connectivity index is 1.45. The lowest BCUT2D eigenvalue weighted by molar-refractivity contribution is 0.373. The summed E-state index contributed by atoms with van der Waals surface area (Å²) in [4.78, 5) is 0. The van der Waals surface area contributed by atoms with E-state index in [0.29, 0.717) is 31.2 Å². The molecule has 0 aliphatic carbocycles. The molecule has 0 spiro atoms. The first kappa shape index (κ1) is 23.6. The third kappa shape index (κ3) is 6.09. The number of aryl methyl sites for hydroxylation is 4. The fourth-order valence-corrected chi connectivity index (χ4v) is 3.88. The summed E-state index contributed by atoms with van der Waals surface area (Å²) in [5.41, 5.74) is 3.18. The molecule has 0 fully saturated rings. The number of aromatic hydroxyl groups is 6. The van der Waals surface area contributed by atoms with Crippen molar-refractivity contribution in [3.8, 4) is 46.0 Å². The third-order valence-corrected chi connectivity index (χ3v) is 5.64. The molecule has 0 bridgehead atoms. The van der Waals surface area contributed by atoms with Gasteiger partial charge in [0.05, 0.1) is 0 Å². The van der Waals surface area contributed by atoms with Gasteiger partial charge in [-0.2, -0.15) is 0 Å². The Morgan fingerprint density at radius 3 is 1.69 bits per heavy atom. The lowest BCUT2D eigenvalue weighted by Crippen LogP contribution is -1.95. The molecule has 0 amide bonds. The first-order valence-electron chi connectivity index (χ1n) is 11.1. The normalized spacial score (nSPS) is 10.9. The molecule has 7 heteroatoms. The number of benzene rings is 4. The minimum Gasteiger partial charge on any atom is -0.508 e. The van der Waals surface area contributed by atoms with Crippen molar-refractivity contribution >= 4 is 0 Å². The topological polar surface area (TPSA) is 131 Å². The second-order valence-electron chi connectivity index (χ2n) is 8.39. The Kier molecular flexibility index (Phi) is 6.87. The lowest BCUT2D eigenvalue weighted by atomic mass is 10.0. The van der Waals surface area contributed by atoms with Crippen LogP contribution in [0.25, 0.3) is 0 Å². The maximum atomic E-state index is 10.5.